The van der Waals surface area contributed by atoms with Crippen molar-refractivity contribution >= 4 is 40.4 Å². The molecule has 0 unspecified atom stereocenters. The Morgan fingerprint density at radius 2 is 2.07 bits per heavy atom. The summed E-state index contributed by atoms with van der Waals surface area (Å²) in [6, 6.07) is 11.3. The molecule has 0 radical (unpaired) electrons. The van der Waals surface area contributed by atoms with Crippen LogP contribution in [-0.2, 0) is 0 Å². The van der Waals surface area contributed by atoms with Crippen molar-refractivity contribution in [3.8, 4) is 5.75 Å². The molecule has 1 N–H and O–H groups in total. The molecule has 0 spiro atoms. The molecule has 0 atom stereocenters. The number of para-hydroxylation sites is 2. The van der Waals surface area contributed by atoms with E-state index in [2.05, 4.69) is 10.3 Å². The van der Waals surface area contributed by atoms with Crippen LogP contribution in [0.15, 0.2) is 57.1 Å². The summed E-state index contributed by atoms with van der Waals surface area (Å²) in [4.78, 5) is 28.2. The molecule has 1 aromatic heterocycles. The number of rotatable bonds is 6. The molecule has 138 valence electrons. The quantitative estimate of drug-likeness (QED) is 0.472. The lowest BCUT2D eigenvalue weighted by atomic mass is 10.2. The zero-order valence-electron chi connectivity index (χ0n) is 14.5. The van der Waals surface area contributed by atoms with Crippen molar-refractivity contribution in [2.75, 3.05) is 12.4 Å². The zero-order chi connectivity index (χ0) is 19.4. The molecule has 0 saturated carbocycles. The Morgan fingerprint density at radius 1 is 1.30 bits per heavy atom. The maximum Gasteiger partial charge on any atom is 0.284 e. The second kappa shape index (κ2) is 8.19. The SMILES string of the molecule is COc1ccccc1NC(=O)c1ccc(Sc2nc(C)cs2)c([N+](=O)[O-])c1. The number of carbonyl (C=O) groups excluding carboxylic acids is 1. The first-order chi connectivity index (χ1) is 13.0. The van der Waals surface area contributed by atoms with Crippen molar-refractivity contribution in [2.24, 2.45) is 0 Å². The summed E-state index contributed by atoms with van der Waals surface area (Å²) in [7, 11) is 1.50. The van der Waals surface area contributed by atoms with Crippen molar-refractivity contribution < 1.29 is 14.5 Å². The number of methoxy groups -OCH3 is 1. The topological polar surface area (TPSA) is 94.4 Å². The number of hydrogen-bond acceptors (Lipinski definition) is 7. The number of nitrogens with zero attached hydrogens (tertiary/aromatic N) is 2. The molecule has 7 nitrogen and oxygen atoms in total. The highest BCUT2D eigenvalue weighted by Crippen LogP contribution is 2.37. The lowest BCUT2D eigenvalue weighted by Gasteiger charge is -2.10. The molecule has 3 aromatic rings. The van der Waals surface area contributed by atoms with Gasteiger partial charge in [0.05, 0.1) is 22.6 Å². The van der Waals surface area contributed by atoms with Crippen LogP contribution < -0.4 is 10.1 Å². The Kier molecular flexibility index (Phi) is 5.72. The van der Waals surface area contributed by atoms with Gasteiger partial charge in [-0.3, -0.25) is 14.9 Å². The number of amides is 1. The molecule has 0 aliphatic carbocycles. The fourth-order valence-corrected chi connectivity index (χ4v) is 4.18. The van der Waals surface area contributed by atoms with Crippen LogP contribution in [-0.4, -0.2) is 22.9 Å². The first-order valence-electron chi connectivity index (χ1n) is 7.80. The minimum absolute atomic E-state index is 0.138. The monoisotopic (exact) mass is 401 g/mol. The smallest absolute Gasteiger partial charge is 0.284 e. The highest BCUT2D eigenvalue weighted by Gasteiger charge is 2.20. The van der Waals surface area contributed by atoms with E-state index in [0.29, 0.717) is 20.7 Å². The summed E-state index contributed by atoms with van der Waals surface area (Å²) >= 11 is 2.63. The van der Waals surface area contributed by atoms with Gasteiger partial charge in [0.25, 0.3) is 11.6 Å². The first kappa shape index (κ1) is 18.9. The normalized spacial score (nSPS) is 10.4. The Balaban J connectivity index is 1.86. The number of aryl methyl sites for hydroxylation is 1. The zero-order valence-corrected chi connectivity index (χ0v) is 16.1. The Bertz CT molecular complexity index is 1000. The maximum atomic E-state index is 12.5. The van der Waals surface area contributed by atoms with Gasteiger partial charge in [0.2, 0.25) is 0 Å². The van der Waals surface area contributed by atoms with Crippen LogP contribution in [0.3, 0.4) is 0 Å². The van der Waals surface area contributed by atoms with Gasteiger partial charge in [-0.25, -0.2) is 4.98 Å². The van der Waals surface area contributed by atoms with Gasteiger partial charge in [0, 0.05) is 22.7 Å². The Labute approximate surface area is 163 Å². The van der Waals surface area contributed by atoms with Crippen molar-refractivity contribution in [2.45, 2.75) is 16.2 Å². The van der Waals surface area contributed by atoms with E-state index < -0.39 is 10.8 Å². The third-order valence-corrected chi connectivity index (χ3v) is 5.69. The fourth-order valence-electron chi connectivity index (χ4n) is 2.30. The molecule has 0 aliphatic heterocycles. The number of nitro benzene ring substituents is 1. The van der Waals surface area contributed by atoms with Crippen molar-refractivity contribution in [1.82, 2.24) is 4.98 Å². The van der Waals surface area contributed by atoms with Crippen LogP contribution in [0.2, 0.25) is 0 Å². The van der Waals surface area contributed by atoms with Crippen molar-refractivity contribution in [1.29, 1.82) is 0 Å². The number of anilines is 1. The molecule has 0 bridgehead atoms. The average molecular weight is 401 g/mol. The fraction of sp³-hybridized carbons (Fsp3) is 0.111. The van der Waals surface area contributed by atoms with E-state index in [4.69, 9.17) is 4.74 Å². The molecule has 9 heteroatoms. The first-order valence-corrected chi connectivity index (χ1v) is 9.50. The molecule has 1 heterocycles. The number of benzene rings is 2. The number of thiazole rings is 1. The lowest BCUT2D eigenvalue weighted by molar-refractivity contribution is -0.387. The summed E-state index contributed by atoms with van der Waals surface area (Å²) in [5.74, 6) is 0.0518. The molecule has 0 fully saturated rings. The van der Waals surface area contributed by atoms with E-state index in [0.717, 1.165) is 5.69 Å². The van der Waals surface area contributed by atoms with Crippen molar-refractivity contribution in [3.05, 3.63) is 69.2 Å². The molecular formula is C18H15N3O4S2. The molecular weight excluding hydrogens is 386 g/mol. The van der Waals surface area contributed by atoms with Gasteiger partial charge < -0.3 is 10.1 Å². The van der Waals surface area contributed by atoms with Crippen LogP contribution in [0.5, 0.6) is 5.75 Å². The minimum Gasteiger partial charge on any atom is -0.495 e. The number of carbonyl (C=O) groups is 1. The summed E-state index contributed by atoms with van der Waals surface area (Å²) in [5, 5.41) is 16.1. The molecule has 0 aliphatic rings. The average Bonchev–Trinajstić information content (AvgIpc) is 3.07. The van der Waals surface area contributed by atoms with Gasteiger partial charge in [0.15, 0.2) is 4.34 Å². The number of nitrogens with one attached hydrogen (secondary N) is 1. The number of ether oxygens (including phenoxy) is 1. The minimum atomic E-state index is -0.497. The van der Waals surface area contributed by atoms with Gasteiger partial charge in [-0.2, -0.15) is 0 Å². The predicted octanol–water partition coefficient (Wildman–Crippen LogP) is 4.77. The van der Waals surface area contributed by atoms with Crippen LogP contribution in [0, 0.1) is 17.0 Å². The number of hydrogen-bond donors (Lipinski definition) is 1. The van der Waals surface area contributed by atoms with E-state index in [1.54, 1.807) is 36.4 Å². The molecule has 3 rings (SSSR count). The second-order valence-corrected chi connectivity index (χ2v) is 7.60. The van der Waals surface area contributed by atoms with E-state index in [1.165, 1.54) is 36.3 Å². The largest absolute Gasteiger partial charge is 0.495 e. The van der Waals surface area contributed by atoms with Crippen LogP contribution >= 0.6 is 23.1 Å². The Hall–Kier alpha value is -2.91. The standard InChI is InChI=1S/C18H15N3O4S2/c1-11-10-26-18(19-11)27-16-8-7-12(9-14(16)21(23)24)17(22)20-13-5-3-4-6-15(13)25-2/h3-10H,1-2H3,(H,20,22). The van der Waals surface area contributed by atoms with E-state index in [-0.39, 0.29) is 11.3 Å². The van der Waals surface area contributed by atoms with Gasteiger partial charge in [-0.05, 0) is 31.2 Å². The second-order valence-electron chi connectivity index (χ2n) is 5.45. The highest BCUT2D eigenvalue weighted by molar-refractivity contribution is 8.01. The number of aromatic nitrogens is 1. The molecule has 27 heavy (non-hydrogen) atoms. The summed E-state index contributed by atoms with van der Waals surface area (Å²) < 4.78 is 5.91. The van der Waals surface area contributed by atoms with Gasteiger partial charge in [-0.1, -0.05) is 23.9 Å². The lowest BCUT2D eigenvalue weighted by Crippen LogP contribution is -2.13. The van der Waals surface area contributed by atoms with E-state index in [1.807, 2.05) is 12.3 Å². The highest BCUT2D eigenvalue weighted by atomic mass is 32.2. The van der Waals surface area contributed by atoms with Crippen LogP contribution in [0.4, 0.5) is 11.4 Å². The summed E-state index contributed by atoms with van der Waals surface area (Å²) in [6.07, 6.45) is 0. The van der Waals surface area contributed by atoms with Gasteiger partial charge in [-0.15, -0.1) is 11.3 Å². The van der Waals surface area contributed by atoms with E-state index in [9.17, 15) is 14.9 Å². The summed E-state index contributed by atoms with van der Waals surface area (Å²) in [5.41, 5.74) is 1.40. The van der Waals surface area contributed by atoms with Crippen LogP contribution in [0.25, 0.3) is 0 Å². The van der Waals surface area contributed by atoms with Gasteiger partial charge in [0.1, 0.15) is 5.75 Å². The summed E-state index contributed by atoms with van der Waals surface area (Å²) in [6.45, 7) is 1.86. The number of nitro groups is 1. The Morgan fingerprint density at radius 3 is 2.74 bits per heavy atom. The third kappa shape index (κ3) is 4.44. The third-order valence-electron chi connectivity index (χ3n) is 3.57. The predicted molar refractivity (Wildman–Crippen MR) is 105 cm³/mol. The van der Waals surface area contributed by atoms with Crippen molar-refractivity contribution in [3.63, 3.8) is 0 Å². The molecule has 2 aromatic carbocycles. The van der Waals surface area contributed by atoms with Crippen LogP contribution in [0.1, 0.15) is 16.1 Å². The van der Waals surface area contributed by atoms with Gasteiger partial charge >= 0.3 is 0 Å². The molecule has 0 saturated heterocycles. The van der Waals surface area contributed by atoms with E-state index >= 15 is 0 Å². The molecule has 1 amide bonds. The maximum absolute atomic E-state index is 12.5.